The standard InChI is InChI=1S/C18H23N5O2/c1-25-16-5-3-15(4-6-16)21-17(24)7-10-22-11-13-23(14-12-22)18-19-8-2-9-20-18/h2-6,8-9H,7,10-14H2,1H3,(H,21,24). The maximum atomic E-state index is 12.1. The number of ether oxygens (including phenoxy) is 1. The Kier molecular flexibility index (Phi) is 5.79. The summed E-state index contributed by atoms with van der Waals surface area (Å²) in [6.45, 7) is 4.34. The third-order valence-electron chi connectivity index (χ3n) is 4.24. The van der Waals surface area contributed by atoms with Gasteiger partial charge in [0, 0.05) is 57.2 Å². The molecule has 0 atom stereocenters. The van der Waals surface area contributed by atoms with Gasteiger partial charge in [-0.15, -0.1) is 0 Å². The maximum absolute atomic E-state index is 12.1. The van der Waals surface area contributed by atoms with E-state index >= 15 is 0 Å². The number of anilines is 2. The lowest BCUT2D eigenvalue weighted by Gasteiger charge is -2.34. The first kappa shape index (κ1) is 17.2. The van der Waals surface area contributed by atoms with Crippen molar-refractivity contribution >= 4 is 17.5 Å². The van der Waals surface area contributed by atoms with E-state index in [0.717, 1.165) is 50.1 Å². The molecule has 1 amide bonds. The van der Waals surface area contributed by atoms with Gasteiger partial charge in [0.2, 0.25) is 11.9 Å². The van der Waals surface area contributed by atoms with Crippen LogP contribution in [0.1, 0.15) is 6.42 Å². The van der Waals surface area contributed by atoms with Gasteiger partial charge in [-0.25, -0.2) is 9.97 Å². The Balaban J connectivity index is 1.39. The number of rotatable bonds is 6. The molecule has 1 aliphatic heterocycles. The van der Waals surface area contributed by atoms with Gasteiger partial charge >= 0.3 is 0 Å². The number of hydrogen-bond acceptors (Lipinski definition) is 6. The zero-order chi connectivity index (χ0) is 17.5. The van der Waals surface area contributed by atoms with Gasteiger partial charge in [-0.3, -0.25) is 9.69 Å². The predicted octanol–water partition coefficient (Wildman–Crippen LogP) is 1.64. The summed E-state index contributed by atoms with van der Waals surface area (Å²) in [6, 6.07) is 9.17. The van der Waals surface area contributed by atoms with Crippen LogP contribution in [0.25, 0.3) is 0 Å². The number of carbonyl (C=O) groups excluding carboxylic acids is 1. The Hall–Kier alpha value is -2.67. The number of carbonyl (C=O) groups is 1. The Morgan fingerprint density at radius 3 is 2.44 bits per heavy atom. The molecule has 7 nitrogen and oxygen atoms in total. The molecule has 1 N–H and O–H groups in total. The van der Waals surface area contributed by atoms with Crippen molar-refractivity contribution in [1.29, 1.82) is 0 Å². The smallest absolute Gasteiger partial charge is 0.225 e. The van der Waals surface area contributed by atoms with E-state index in [1.807, 2.05) is 30.3 Å². The van der Waals surface area contributed by atoms with E-state index in [2.05, 4.69) is 25.1 Å². The summed E-state index contributed by atoms with van der Waals surface area (Å²) in [5.74, 6) is 1.58. The fourth-order valence-electron chi connectivity index (χ4n) is 2.78. The predicted molar refractivity (Wildman–Crippen MR) is 96.9 cm³/mol. The van der Waals surface area contributed by atoms with Crippen LogP contribution in [0, 0.1) is 0 Å². The van der Waals surface area contributed by atoms with Gasteiger partial charge in [0.25, 0.3) is 0 Å². The average molecular weight is 341 g/mol. The highest BCUT2D eigenvalue weighted by molar-refractivity contribution is 5.90. The summed E-state index contributed by atoms with van der Waals surface area (Å²) in [5.41, 5.74) is 0.789. The second-order valence-electron chi connectivity index (χ2n) is 5.90. The topological polar surface area (TPSA) is 70.6 Å². The molecule has 1 aliphatic rings. The lowest BCUT2D eigenvalue weighted by Crippen LogP contribution is -2.47. The fourth-order valence-corrected chi connectivity index (χ4v) is 2.78. The molecule has 0 aliphatic carbocycles. The minimum Gasteiger partial charge on any atom is -0.497 e. The highest BCUT2D eigenvalue weighted by Crippen LogP contribution is 2.15. The van der Waals surface area contributed by atoms with Gasteiger partial charge in [-0.05, 0) is 30.3 Å². The molecule has 2 aromatic rings. The summed E-state index contributed by atoms with van der Waals surface area (Å²) < 4.78 is 5.11. The van der Waals surface area contributed by atoms with Crippen molar-refractivity contribution in [2.45, 2.75) is 6.42 Å². The van der Waals surface area contributed by atoms with E-state index < -0.39 is 0 Å². The van der Waals surface area contributed by atoms with Crippen molar-refractivity contribution in [3.63, 3.8) is 0 Å². The van der Waals surface area contributed by atoms with Crippen molar-refractivity contribution in [3.05, 3.63) is 42.7 Å². The highest BCUT2D eigenvalue weighted by Gasteiger charge is 2.19. The molecule has 3 rings (SSSR count). The van der Waals surface area contributed by atoms with Crippen molar-refractivity contribution in [3.8, 4) is 5.75 Å². The van der Waals surface area contributed by atoms with Gasteiger partial charge in [0.15, 0.2) is 0 Å². The van der Waals surface area contributed by atoms with Crippen LogP contribution in [0.2, 0.25) is 0 Å². The zero-order valence-corrected chi connectivity index (χ0v) is 14.4. The van der Waals surface area contributed by atoms with E-state index in [0.29, 0.717) is 6.42 Å². The first-order valence-electron chi connectivity index (χ1n) is 8.43. The van der Waals surface area contributed by atoms with Crippen molar-refractivity contribution in [2.24, 2.45) is 0 Å². The van der Waals surface area contributed by atoms with Gasteiger partial charge in [-0.2, -0.15) is 0 Å². The van der Waals surface area contributed by atoms with E-state index in [1.165, 1.54) is 0 Å². The van der Waals surface area contributed by atoms with Crippen LogP contribution in [0.3, 0.4) is 0 Å². The number of benzene rings is 1. The lowest BCUT2D eigenvalue weighted by atomic mass is 10.2. The van der Waals surface area contributed by atoms with Crippen molar-refractivity contribution in [1.82, 2.24) is 14.9 Å². The SMILES string of the molecule is COc1ccc(NC(=O)CCN2CCN(c3ncccn3)CC2)cc1. The van der Waals surface area contributed by atoms with Gasteiger partial charge in [0.1, 0.15) is 5.75 Å². The number of aromatic nitrogens is 2. The molecule has 132 valence electrons. The fraction of sp³-hybridized carbons (Fsp3) is 0.389. The number of nitrogens with zero attached hydrogens (tertiary/aromatic N) is 4. The van der Waals surface area contributed by atoms with Crippen molar-refractivity contribution < 1.29 is 9.53 Å². The molecular weight excluding hydrogens is 318 g/mol. The van der Waals surface area contributed by atoms with E-state index in [-0.39, 0.29) is 5.91 Å². The molecule has 0 saturated carbocycles. The van der Waals surface area contributed by atoms with Gasteiger partial charge < -0.3 is 15.0 Å². The molecule has 7 heteroatoms. The second kappa shape index (κ2) is 8.43. The number of piperazine rings is 1. The summed E-state index contributed by atoms with van der Waals surface area (Å²) >= 11 is 0. The maximum Gasteiger partial charge on any atom is 0.225 e. The number of amides is 1. The Bertz CT molecular complexity index is 670. The molecule has 1 fully saturated rings. The van der Waals surface area contributed by atoms with Crippen LogP contribution in [-0.4, -0.2) is 60.6 Å². The second-order valence-corrected chi connectivity index (χ2v) is 5.90. The molecule has 1 aromatic carbocycles. The Morgan fingerprint density at radius 2 is 1.80 bits per heavy atom. The molecule has 0 radical (unpaired) electrons. The van der Waals surface area contributed by atoms with Gasteiger partial charge in [-0.1, -0.05) is 0 Å². The summed E-state index contributed by atoms with van der Waals surface area (Å²) in [5, 5.41) is 2.92. The average Bonchev–Trinajstić information content (AvgIpc) is 2.68. The monoisotopic (exact) mass is 341 g/mol. The van der Waals surface area contributed by atoms with Crippen LogP contribution in [0.5, 0.6) is 5.75 Å². The summed E-state index contributed by atoms with van der Waals surface area (Å²) in [6.07, 6.45) is 4.00. The zero-order valence-electron chi connectivity index (χ0n) is 14.4. The van der Waals surface area contributed by atoms with E-state index in [4.69, 9.17) is 4.74 Å². The minimum atomic E-state index is 0.0268. The Morgan fingerprint density at radius 1 is 1.12 bits per heavy atom. The molecule has 1 saturated heterocycles. The van der Waals surface area contributed by atoms with E-state index in [1.54, 1.807) is 19.5 Å². The highest BCUT2D eigenvalue weighted by atomic mass is 16.5. The number of hydrogen-bond donors (Lipinski definition) is 1. The number of nitrogens with one attached hydrogen (secondary N) is 1. The van der Waals surface area contributed by atoms with Crippen LogP contribution in [0.15, 0.2) is 42.7 Å². The lowest BCUT2D eigenvalue weighted by molar-refractivity contribution is -0.116. The van der Waals surface area contributed by atoms with Crippen LogP contribution >= 0.6 is 0 Å². The molecule has 0 bridgehead atoms. The van der Waals surface area contributed by atoms with Crippen LogP contribution in [-0.2, 0) is 4.79 Å². The summed E-state index contributed by atoms with van der Waals surface area (Å²) in [4.78, 5) is 25.1. The third-order valence-corrected chi connectivity index (χ3v) is 4.24. The normalized spacial score (nSPS) is 15.0. The summed E-state index contributed by atoms with van der Waals surface area (Å²) in [7, 11) is 1.62. The van der Waals surface area contributed by atoms with Crippen LogP contribution < -0.4 is 15.0 Å². The minimum absolute atomic E-state index is 0.0268. The molecule has 2 heterocycles. The van der Waals surface area contributed by atoms with E-state index in [9.17, 15) is 4.79 Å². The third kappa shape index (κ3) is 4.90. The molecular formula is C18H23N5O2. The quantitative estimate of drug-likeness (QED) is 0.861. The van der Waals surface area contributed by atoms with Gasteiger partial charge in [0.05, 0.1) is 7.11 Å². The molecule has 0 unspecified atom stereocenters. The Labute approximate surface area is 147 Å². The molecule has 0 spiro atoms. The first-order valence-corrected chi connectivity index (χ1v) is 8.43. The number of methoxy groups -OCH3 is 1. The molecule has 25 heavy (non-hydrogen) atoms. The van der Waals surface area contributed by atoms with Crippen LogP contribution in [0.4, 0.5) is 11.6 Å². The first-order chi connectivity index (χ1) is 12.2. The molecule has 1 aromatic heterocycles. The largest absolute Gasteiger partial charge is 0.497 e. The van der Waals surface area contributed by atoms with Crippen molar-refractivity contribution in [2.75, 3.05) is 50.1 Å².